The summed E-state index contributed by atoms with van der Waals surface area (Å²) in [5.74, 6) is -0.234. The second-order valence-electron chi connectivity index (χ2n) is 5.52. The number of ether oxygens (including phenoxy) is 1. The van der Waals surface area contributed by atoms with Crippen molar-refractivity contribution in [3.05, 3.63) is 15.8 Å². The molecule has 1 saturated carbocycles. The monoisotopic (exact) mass is 331 g/mol. The highest BCUT2D eigenvalue weighted by Crippen LogP contribution is 2.31. The van der Waals surface area contributed by atoms with Gasteiger partial charge in [-0.15, -0.1) is 11.3 Å². The van der Waals surface area contributed by atoms with E-state index in [0.29, 0.717) is 11.5 Å². The van der Waals surface area contributed by atoms with Gasteiger partial charge in [-0.3, -0.25) is 0 Å². The summed E-state index contributed by atoms with van der Waals surface area (Å²) in [6, 6.07) is -0.123. The summed E-state index contributed by atoms with van der Waals surface area (Å²) in [6.45, 7) is 3.59. The van der Waals surface area contributed by atoms with Crippen molar-refractivity contribution < 1.29 is 17.9 Å². The molecule has 1 atom stereocenters. The van der Waals surface area contributed by atoms with Gasteiger partial charge in [0, 0.05) is 6.04 Å². The Kier molecular flexibility index (Phi) is 5.06. The third kappa shape index (κ3) is 3.46. The van der Waals surface area contributed by atoms with Crippen molar-refractivity contribution in [2.45, 2.75) is 50.5 Å². The van der Waals surface area contributed by atoms with Gasteiger partial charge in [-0.05, 0) is 43.6 Å². The van der Waals surface area contributed by atoms with E-state index in [1.807, 2.05) is 6.92 Å². The molecule has 0 bridgehead atoms. The van der Waals surface area contributed by atoms with Crippen LogP contribution in [-0.2, 0) is 14.8 Å². The standard InChI is InChI=1S/C14H21NO4S2/c1-9-8-20-12(14(16)19-3)13(9)21(17,18)15-10(2)11-6-4-5-7-11/h8,10-11,15H,4-7H2,1-3H3/t10-/m1/s1. The van der Waals surface area contributed by atoms with Gasteiger partial charge >= 0.3 is 5.97 Å². The van der Waals surface area contributed by atoms with Crippen LogP contribution in [0.1, 0.15) is 47.8 Å². The van der Waals surface area contributed by atoms with Gasteiger partial charge in [0.1, 0.15) is 9.77 Å². The average Bonchev–Trinajstić information content (AvgIpc) is 3.06. The van der Waals surface area contributed by atoms with Crippen LogP contribution in [0.25, 0.3) is 0 Å². The summed E-state index contributed by atoms with van der Waals surface area (Å²) in [7, 11) is -2.46. The molecule has 1 aliphatic rings. The molecule has 5 nitrogen and oxygen atoms in total. The Morgan fingerprint density at radius 3 is 2.62 bits per heavy atom. The van der Waals surface area contributed by atoms with Gasteiger partial charge in [-0.25, -0.2) is 17.9 Å². The normalized spacial score (nSPS) is 17.9. The van der Waals surface area contributed by atoms with Crippen LogP contribution in [0.4, 0.5) is 0 Å². The molecule has 1 heterocycles. The zero-order chi connectivity index (χ0) is 15.6. The number of methoxy groups -OCH3 is 1. The Morgan fingerprint density at radius 2 is 2.05 bits per heavy atom. The zero-order valence-electron chi connectivity index (χ0n) is 12.5. The number of aryl methyl sites for hydroxylation is 1. The Hall–Kier alpha value is -0.920. The number of nitrogens with one attached hydrogen (secondary N) is 1. The van der Waals surface area contributed by atoms with Crippen molar-refractivity contribution in [2.75, 3.05) is 7.11 Å². The van der Waals surface area contributed by atoms with Crippen molar-refractivity contribution in [3.8, 4) is 0 Å². The largest absolute Gasteiger partial charge is 0.465 e. The summed E-state index contributed by atoms with van der Waals surface area (Å²) >= 11 is 1.10. The maximum atomic E-state index is 12.6. The lowest BCUT2D eigenvalue weighted by molar-refractivity contribution is 0.0602. The van der Waals surface area contributed by atoms with Crippen molar-refractivity contribution >= 4 is 27.3 Å². The van der Waals surface area contributed by atoms with E-state index in [9.17, 15) is 13.2 Å². The minimum atomic E-state index is -3.71. The lowest BCUT2D eigenvalue weighted by Gasteiger charge is -2.20. The van der Waals surface area contributed by atoms with E-state index in [4.69, 9.17) is 0 Å². The van der Waals surface area contributed by atoms with Crippen LogP contribution in [-0.4, -0.2) is 27.5 Å². The van der Waals surface area contributed by atoms with Crippen molar-refractivity contribution in [3.63, 3.8) is 0 Å². The highest BCUT2D eigenvalue weighted by molar-refractivity contribution is 7.89. The quantitative estimate of drug-likeness (QED) is 0.842. The summed E-state index contributed by atoms with van der Waals surface area (Å²) < 4.78 is 32.6. The number of esters is 1. The van der Waals surface area contributed by atoms with Gasteiger partial charge in [0.2, 0.25) is 10.0 Å². The Balaban J connectivity index is 2.27. The first-order valence-corrected chi connectivity index (χ1v) is 9.42. The molecule has 1 N–H and O–H groups in total. The summed E-state index contributed by atoms with van der Waals surface area (Å²) in [4.78, 5) is 11.9. The number of hydrogen-bond donors (Lipinski definition) is 1. The topological polar surface area (TPSA) is 72.5 Å². The maximum Gasteiger partial charge on any atom is 0.349 e. The number of rotatable bonds is 5. The molecule has 7 heteroatoms. The molecule has 1 fully saturated rings. The van der Waals surface area contributed by atoms with Crippen LogP contribution in [0, 0.1) is 12.8 Å². The first-order valence-electron chi connectivity index (χ1n) is 7.05. The minimum absolute atomic E-state index is 0.0594. The fourth-order valence-corrected chi connectivity index (χ4v) is 5.88. The maximum absolute atomic E-state index is 12.6. The fraction of sp³-hybridized carbons (Fsp3) is 0.643. The minimum Gasteiger partial charge on any atom is -0.465 e. The molecular formula is C14H21NO4S2. The second-order valence-corrected chi connectivity index (χ2v) is 8.05. The van der Waals surface area contributed by atoms with Gasteiger partial charge in [0.25, 0.3) is 0 Å². The number of hydrogen-bond acceptors (Lipinski definition) is 5. The molecule has 0 spiro atoms. The molecule has 2 rings (SSSR count). The van der Waals surface area contributed by atoms with Crippen LogP contribution in [0.3, 0.4) is 0 Å². The molecule has 0 aliphatic heterocycles. The highest BCUT2D eigenvalue weighted by atomic mass is 32.2. The molecule has 1 aromatic heterocycles. The zero-order valence-corrected chi connectivity index (χ0v) is 14.1. The van der Waals surface area contributed by atoms with Crippen molar-refractivity contribution in [1.82, 2.24) is 4.72 Å². The average molecular weight is 331 g/mol. The Labute approximate surface area is 129 Å². The van der Waals surface area contributed by atoms with E-state index in [-0.39, 0.29) is 15.8 Å². The van der Waals surface area contributed by atoms with Gasteiger partial charge in [0.05, 0.1) is 7.11 Å². The molecule has 0 unspecified atom stereocenters. The van der Waals surface area contributed by atoms with E-state index in [1.165, 1.54) is 7.11 Å². The molecule has 0 aromatic carbocycles. The third-order valence-corrected chi connectivity index (χ3v) is 6.96. The molecule has 1 aliphatic carbocycles. The lowest BCUT2D eigenvalue weighted by Crippen LogP contribution is -2.37. The number of thiophene rings is 1. The van der Waals surface area contributed by atoms with Gasteiger partial charge in [0.15, 0.2) is 0 Å². The molecule has 1 aromatic rings. The predicted molar refractivity (Wildman–Crippen MR) is 82.1 cm³/mol. The van der Waals surface area contributed by atoms with E-state index in [2.05, 4.69) is 9.46 Å². The number of carbonyl (C=O) groups excluding carboxylic acids is 1. The smallest absolute Gasteiger partial charge is 0.349 e. The van der Waals surface area contributed by atoms with Crippen molar-refractivity contribution in [2.24, 2.45) is 5.92 Å². The molecule has 118 valence electrons. The van der Waals surface area contributed by atoms with Crippen LogP contribution < -0.4 is 4.72 Å². The SMILES string of the molecule is COC(=O)c1scc(C)c1S(=O)(=O)N[C@H](C)C1CCCC1. The summed E-state index contributed by atoms with van der Waals surface area (Å²) in [5, 5.41) is 1.67. The number of sulfonamides is 1. The molecule has 0 radical (unpaired) electrons. The molecule has 0 amide bonds. The van der Waals surface area contributed by atoms with Crippen LogP contribution in [0.15, 0.2) is 10.3 Å². The van der Waals surface area contributed by atoms with Gasteiger partial charge in [-0.2, -0.15) is 0 Å². The molecular weight excluding hydrogens is 310 g/mol. The summed E-state index contributed by atoms with van der Waals surface area (Å²) in [6.07, 6.45) is 4.41. The Bertz CT molecular complexity index is 615. The number of carbonyl (C=O) groups is 1. The fourth-order valence-electron chi connectivity index (χ4n) is 2.86. The lowest BCUT2D eigenvalue weighted by atomic mass is 10.0. The molecule has 21 heavy (non-hydrogen) atoms. The van der Waals surface area contributed by atoms with Crippen LogP contribution >= 0.6 is 11.3 Å². The van der Waals surface area contributed by atoms with Gasteiger partial charge < -0.3 is 4.74 Å². The predicted octanol–water partition coefficient (Wildman–Crippen LogP) is 2.70. The van der Waals surface area contributed by atoms with Gasteiger partial charge in [-0.1, -0.05) is 12.8 Å². The first kappa shape index (κ1) is 16.5. The highest BCUT2D eigenvalue weighted by Gasteiger charge is 2.31. The second kappa shape index (κ2) is 6.46. The van der Waals surface area contributed by atoms with Crippen molar-refractivity contribution in [1.29, 1.82) is 0 Å². The van der Waals surface area contributed by atoms with E-state index < -0.39 is 16.0 Å². The Morgan fingerprint density at radius 1 is 1.43 bits per heavy atom. The first-order chi connectivity index (χ1) is 9.86. The van der Waals surface area contributed by atoms with E-state index in [0.717, 1.165) is 37.0 Å². The summed E-state index contributed by atoms with van der Waals surface area (Å²) in [5.41, 5.74) is 0.575. The van der Waals surface area contributed by atoms with Crippen LogP contribution in [0.2, 0.25) is 0 Å². The molecule has 0 saturated heterocycles. The van der Waals surface area contributed by atoms with E-state index >= 15 is 0 Å². The van der Waals surface area contributed by atoms with E-state index in [1.54, 1.807) is 12.3 Å². The third-order valence-electron chi connectivity index (χ3n) is 4.01. The van der Waals surface area contributed by atoms with Crippen LogP contribution in [0.5, 0.6) is 0 Å².